The average Bonchev–Trinajstić information content (AvgIpc) is 1.88. The zero-order valence-corrected chi connectivity index (χ0v) is 8.36. The number of carboxylic acids is 4. The molecule has 0 saturated heterocycles. The Morgan fingerprint density at radius 2 is 0.615 bits per heavy atom. The molecule has 0 aliphatic rings. The first-order chi connectivity index (χ1) is 5.29. The summed E-state index contributed by atoms with van der Waals surface area (Å²) in [6, 6.07) is 0. The molecule has 0 aromatic carbocycles. The molecule has 0 rings (SSSR count). The van der Waals surface area contributed by atoms with Gasteiger partial charge in [0.1, 0.15) is 0 Å². The molecule has 0 heterocycles. The van der Waals surface area contributed by atoms with E-state index in [9.17, 15) is 0 Å². The van der Waals surface area contributed by atoms with Gasteiger partial charge in [-0.05, 0) is 0 Å². The quantitative estimate of drug-likeness (QED) is 0.384. The van der Waals surface area contributed by atoms with Crippen LogP contribution in [-0.2, 0) is 39.6 Å². The Morgan fingerprint density at radius 1 is 0.538 bits per heavy atom. The summed E-state index contributed by atoms with van der Waals surface area (Å²) in [6.07, 6.45) is 0. The molecule has 0 aliphatic heterocycles. The summed E-state index contributed by atoms with van der Waals surface area (Å²) >= 11 is 0. The average molecular weight is 362 g/mol. The first kappa shape index (κ1) is 17.6. The van der Waals surface area contributed by atoms with Crippen molar-refractivity contribution in [2.75, 3.05) is 0 Å². The molecule has 0 amide bonds. The van der Waals surface area contributed by atoms with Crippen molar-refractivity contribution >= 4 is 23.9 Å². The van der Waals surface area contributed by atoms with Gasteiger partial charge in [0.05, 0.1) is 23.9 Å². The van der Waals surface area contributed by atoms with Gasteiger partial charge < -0.3 is 39.6 Å². The van der Waals surface area contributed by atoms with Crippen LogP contribution in [0.1, 0.15) is 0 Å². The van der Waals surface area contributed by atoms with Crippen LogP contribution in [0.2, 0.25) is 0 Å². The summed E-state index contributed by atoms with van der Waals surface area (Å²) in [5, 5.41) is 35.7. The van der Waals surface area contributed by atoms with Gasteiger partial charge >= 0.3 is 0 Å². The van der Waals surface area contributed by atoms with Crippen molar-refractivity contribution in [3.8, 4) is 0 Å². The minimum Gasteiger partial charge on any atom is -0.543 e. The second-order valence-corrected chi connectivity index (χ2v) is 1.15. The van der Waals surface area contributed by atoms with Crippen LogP contribution in [0.3, 0.4) is 0 Å². The zero-order valence-electron chi connectivity index (χ0n) is 5.64. The number of carbonyl (C=O) groups excluding carboxylic acids is 4. The van der Waals surface area contributed by atoms with E-state index in [0.29, 0.717) is 0 Å². The van der Waals surface area contributed by atoms with Crippen LogP contribution in [0.25, 0.3) is 0 Å². The van der Waals surface area contributed by atoms with Gasteiger partial charge in [-0.3, -0.25) is 0 Å². The van der Waals surface area contributed by atoms with Crippen molar-refractivity contribution in [1.82, 2.24) is 0 Å². The van der Waals surface area contributed by atoms with Crippen LogP contribution in [0, 0.1) is 0 Å². The molecule has 0 aromatic rings. The number of aliphatic carboxylic acids is 4. The zero-order chi connectivity index (χ0) is 10.3. The Morgan fingerprint density at radius 3 is 0.615 bits per heavy atom. The molecule has 0 aliphatic carbocycles. The summed E-state index contributed by atoms with van der Waals surface area (Å²) in [6.45, 7) is 0. The molecule has 0 fully saturated rings. The van der Waals surface area contributed by atoms with Gasteiger partial charge in [0.15, 0.2) is 0 Å². The van der Waals surface area contributed by atoms with E-state index in [2.05, 4.69) is 0 Å². The fraction of sp³-hybridized carbons (Fsp3) is 0. The maximum atomic E-state index is 8.93. The summed E-state index contributed by atoms with van der Waals surface area (Å²) in [7, 11) is 0. The maximum Gasteiger partial charge on any atom is 0.0870 e. The van der Waals surface area contributed by atoms with Gasteiger partial charge in [-0.1, -0.05) is 0 Å². The molecule has 1 radical (unpaired) electrons. The van der Waals surface area contributed by atoms with Crippen molar-refractivity contribution in [3.63, 3.8) is 0 Å². The van der Waals surface area contributed by atoms with Crippen molar-refractivity contribution in [1.29, 1.82) is 0 Å². The second kappa shape index (κ2) is 8.64. The van der Waals surface area contributed by atoms with Crippen molar-refractivity contribution in [3.05, 3.63) is 0 Å². The fourth-order valence-electron chi connectivity index (χ4n) is 0. The Bertz CT molecular complexity index is 172. The normalized spacial score (nSPS) is 6.77. The van der Waals surface area contributed by atoms with E-state index in [-0.39, 0.29) is 20.4 Å². The molecule has 0 saturated carbocycles. The minimum absolute atomic E-state index is 0. The third-order valence-electron chi connectivity index (χ3n) is 0.333. The first-order valence-electron chi connectivity index (χ1n) is 2.13. The van der Waals surface area contributed by atoms with Gasteiger partial charge in [0.2, 0.25) is 0 Å². The van der Waals surface area contributed by atoms with Crippen LogP contribution in [-0.4, -0.2) is 23.9 Å². The van der Waals surface area contributed by atoms with E-state index in [0.717, 1.165) is 0 Å². The van der Waals surface area contributed by atoms with Gasteiger partial charge in [0, 0.05) is 20.4 Å². The third-order valence-corrected chi connectivity index (χ3v) is 0.333. The smallest absolute Gasteiger partial charge is 0.0870 e. The summed E-state index contributed by atoms with van der Waals surface area (Å²) < 4.78 is 0. The monoisotopic (exact) mass is 363 g/mol. The molecule has 0 spiro atoms. The summed E-state index contributed by atoms with van der Waals surface area (Å²) in [5.41, 5.74) is 0. The number of hydrogen-bond acceptors (Lipinski definition) is 8. The van der Waals surface area contributed by atoms with E-state index in [4.69, 9.17) is 39.6 Å². The van der Waals surface area contributed by atoms with Gasteiger partial charge in [-0.25, -0.2) is 0 Å². The Labute approximate surface area is 84.4 Å². The van der Waals surface area contributed by atoms with Gasteiger partial charge in [-0.2, -0.15) is 0 Å². The molecule has 0 atom stereocenters. The van der Waals surface area contributed by atoms with Gasteiger partial charge in [-0.15, -0.1) is 0 Å². The molecule has 0 aromatic heterocycles. The van der Waals surface area contributed by atoms with E-state index in [1.54, 1.807) is 0 Å². The summed E-state index contributed by atoms with van der Waals surface area (Å²) in [5.74, 6) is -8.74. The Balaban J connectivity index is -0.000000143. The Kier molecular flexibility index (Phi) is 11.7. The summed E-state index contributed by atoms with van der Waals surface area (Å²) in [4.78, 5) is 35.7. The molecule has 8 nitrogen and oxygen atoms in total. The van der Waals surface area contributed by atoms with Crippen molar-refractivity contribution in [2.45, 2.75) is 0 Å². The van der Waals surface area contributed by atoms with Crippen LogP contribution in [0.4, 0.5) is 0 Å². The fourth-order valence-corrected chi connectivity index (χ4v) is 0. The SMILES string of the molecule is O=C([O-])C(=O)[O-].O=C([O-])C(=O)[O-].[Re]. The topological polar surface area (TPSA) is 161 Å². The number of rotatable bonds is 0. The van der Waals surface area contributed by atoms with E-state index >= 15 is 0 Å². The van der Waals surface area contributed by atoms with Crippen LogP contribution in [0.5, 0.6) is 0 Å². The largest absolute Gasteiger partial charge is 0.543 e. The van der Waals surface area contributed by atoms with E-state index in [1.165, 1.54) is 0 Å². The van der Waals surface area contributed by atoms with Crippen LogP contribution < -0.4 is 20.4 Å². The molecule has 13 heavy (non-hydrogen) atoms. The first-order valence-corrected chi connectivity index (χ1v) is 2.13. The van der Waals surface area contributed by atoms with Crippen molar-refractivity contribution in [2.24, 2.45) is 0 Å². The number of hydrogen-bond donors (Lipinski definition) is 0. The minimum atomic E-state index is -2.19. The number of carbonyl (C=O) groups is 4. The molecule has 0 unspecified atom stereocenters. The maximum absolute atomic E-state index is 8.93. The number of carboxylic acid groups (broad SMARTS) is 4. The third kappa shape index (κ3) is 18.0. The predicted octanol–water partition coefficient (Wildman–Crippen LogP) is -7.03. The molecule has 0 N–H and O–H groups in total. The van der Waals surface area contributed by atoms with Crippen LogP contribution in [0.15, 0.2) is 0 Å². The van der Waals surface area contributed by atoms with E-state index in [1.807, 2.05) is 0 Å². The molecule has 9 heteroatoms. The molecule has 0 bridgehead atoms. The van der Waals surface area contributed by atoms with E-state index < -0.39 is 23.9 Å². The predicted molar refractivity (Wildman–Crippen MR) is 20.0 cm³/mol. The Hall–Kier alpha value is -1.46. The molecule has 75 valence electrons. The van der Waals surface area contributed by atoms with Crippen molar-refractivity contribution < 1.29 is 60.0 Å². The molecular weight excluding hydrogens is 362 g/mol. The standard InChI is InChI=1S/2C2H2O4.Re/c2*3-1(4)2(5)6;/h2*(H,3,4)(H,5,6);/p-4. The van der Waals surface area contributed by atoms with Crippen LogP contribution >= 0.6 is 0 Å². The second-order valence-electron chi connectivity index (χ2n) is 1.15. The van der Waals surface area contributed by atoms with Gasteiger partial charge in [0.25, 0.3) is 0 Å². The molecular formula is C4O8Re-4.